The van der Waals surface area contributed by atoms with E-state index >= 15 is 0 Å². The molecule has 1 fully saturated rings. The first-order valence-corrected chi connectivity index (χ1v) is 11.6. The minimum Gasteiger partial charge on any atom is -0.495 e. The van der Waals surface area contributed by atoms with E-state index in [1.165, 1.54) is 13.3 Å². The first-order chi connectivity index (χ1) is 16.5. The third-order valence-corrected chi connectivity index (χ3v) is 5.68. The second-order valence-corrected chi connectivity index (χ2v) is 8.12. The Labute approximate surface area is 204 Å². The van der Waals surface area contributed by atoms with Gasteiger partial charge >= 0.3 is 0 Å². The zero-order valence-electron chi connectivity index (χ0n) is 19.8. The molecule has 1 aromatic heterocycles. The monoisotopic (exact) mass is 490 g/mol. The second-order valence-electron chi connectivity index (χ2n) is 7.72. The molecule has 1 aromatic carbocycles. The summed E-state index contributed by atoms with van der Waals surface area (Å²) in [5.74, 6) is 1.27. The number of rotatable bonds is 10. The van der Waals surface area contributed by atoms with Gasteiger partial charge in [0.25, 0.3) is 5.91 Å². The lowest BCUT2D eigenvalue weighted by atomic mass is 10.1. The summed E-state index contributed by atoms with van der Waals surface area (Å²) in [5.41, 5.74) is 1.12. The third-order valence-electron chi connectivity index (χ3n) is 5.40. The highest BCUT2D eigenvalue weighted by Gasteiger charge is 2.25. The standard InChI is InChI=1S/C23H31ClN6O4/c1-4-12-34-13-7-20(31)29-8-10-30(11-9-29)22(32)16-5-6-18(19(14-16)33-3)27-23-26-15-17(24)21(25-2)28-23/h5-6,14-15H,4,7-13H2,1-3H3,(H2,25,26,27,28). The predicted molar refractivity (Wildman–Crippen MR) is 131 cm³/mol. The third kappa shape index (κ3) is 6.48. The number of carbonyl (C=O) groups is 2. The van der Waals surface area contributed by atoms with Gasteiger partial charge in [0.15, 0.2) is 0 Å². The Kier molecular flexibility index (Phi) is 9.29. The highest BCUT2D eigenvalue weighted by Crippen LogP contribution is 2.29. The molecule has 1 aliphatic rings. The molecule has 0 atom stereocenters. The fourth-order valence-electron chi connectivity index (χ4n) is 3.56. The van der Waals surface area contributed by atoms with Crippen molar-refractivity contribution in [2.75, 3.05) is 64.2 Å². The first-order valence-electron chi connectivity index (χ1n) is 11.3. The number of hydrogen-bond acceptors (Lipinski definition) is 8. The SMILES string of the molecule is CCCOCCC(=O)N1CCN(C(=O)c2ccc(Nc3ncc(Cl)c(NC)n3)c(OC)c2)CC1. The number of nitrogens with one attached hydrogen (secondary N) is 2. The molecule has 0 saturated carbocycles. The molecule has 0 bridgehead atoms. The Hall–Kier alpha value is -3.11. The molecule has 0 radical (unpaired) electrons. The van der Waals surface area contributed by atoms with E-state index in [2.05, 4.69) is 20.6 Å². The van der Waals surface area contributed by atoms with Crippen LogP contribution in [0, 0.1) is 0 Å². The fourth-order valence-corrected chi connectivity index (χ4v) is 3.74. The lowest BCUT2D eigenvalue weighted by molar-refractivity contribution is -0.133. The summed E-state index contributed by atoms with van der Waals surface area (Å²) in [7, 11) is 3.25. The highest BCUT2D eigenvalue weighted by molar-refractivity contribution is 6.32. The Morgan fingerprint density at radius 1 is 1.15 bits per heavy atom. The lowest BCUT2D eigenvalue weighted by Gasteiger charge is -2.35. The van der Waals surface area contributed by atoms with Crippen molar-refractivity contribution in [2.45, 2.75) is 19.8 Å². The van der Waals surface area contributed by atoms with Crippen LogP contribution in [0.25, 0.3) is 0 Å². The number of anilines is 3. The van der Waals surface area contributed by atoms with Crippen LogP contribution in [-0.2, 0) is 9.53 Å². The number of amides is 2. The van der Waals surface area contributed by atoms with Crippen molar-refractivity contribution < 1.29 is 19.1 Å². The molecule has 0 aliphatic carbocycles. The maximum atomic E-state index is 13.1. The van der Waals surface area contributed by atoms with E-state index in [9.17, 15) is 9.59 Å². The minimum atomic E-state index is -0.108. The van der Waals surface area contributed by atoms with Crippen molar-refractivity contribution in [3.05, 3.63) is 35.0 Å². The zero-order valence-corrected chi connectivity index (χ0v) is 20.5. The summed E-state index contributed by atoms with van der Waals surface area (Å²) in [6.45, 7) is 5.11. The smallest absolute Gasteiger partial charge is 0.254 e. The molecule has 2 heterocycles. The lowest BCUT2D eigenvalue weighted by Crippen LogP contribution is -2.50. The van der Waals surface area contributed by atoms with Crippen LogP contribution in [0.5, 0.6) is 5.75 Å². The minimum absolute atomic E-state index is 0.0612. The molecule has 0 spiro atoms. The number of ether oxygens (including phenoxy) is 2. The largest absolute Gasteiger partial charge is 0.495 e. The second kappa shape index (κ2) is 12.4. The number of benzene rings is 1. The van der Waals surface area contributed by atoms with Crippen LogP contribution in [0.4, 0.5) is 17.5 Å². The van der Waals surface area contributed by atoms with Crippen molar-refractivity contribution in [1.82, 2.24) is 19.8 Å². The number of nitrogens with zero attached hydrogens (tertiary/aromatic N) is 4. The molecule has 2 aromatic rings. The highest BCUT2D eigenvalue weighted by atomic mass is 35.5. The molecular formula is C23H31ClN6O4. The van der Waals surface area contributed by atoms with Crippen molar-refractivity contribution in [1.29, 1.82) is 0 Å². The Morgan fingerprint density at radius 3 is 2.56 bits per heavy atom. The van der Waals surface area contributed by atoms with Gasteiger partial charge in [0.05, 0.1) is 32.0 Å². The number of carbonyl (C=O) groups excluding carboxylic acids is 2. The van der Waals surface area contributed by atoms with Gasteiger partial charge in [0.2, 0.25) is 11.9 Å². The molecule has 10 nitrogen and oxygen atoms in total. The van der Waals surface area contributed by atoms with E-state index in [4.69, 9.17) is 21.1 Å². The average molecular weight is 491 g/mol. The van der Waals surface area contributed by atoms with Crippen molar-refractivity contribution in [2.24, 2.45) is 0 Å². The maximum Gasteiger partial charge on any atom is 0.254 e. The van der Waals surface area contributed by atoms with Gasteiger partial charge in [-0.3, -0.25) is 9.59 Å². The number of halogens is 1. The van der Waals surface area contributed by atoms with Gasteiger partial charge in [-0.25, -0.2) is 4.98 Å². The molecule has 2 N–H and O–H groups in total. The molecule has 2 amide bonds. The normalized spacial score (nSPS) is 13.5. The summed E-state index contributed by atoms with van der Waals surface area (Å²) in [6.07, 6.45) is 2.80. The van der Waals surface area contributed by atoms with Crippen molar-refractivity contribution in [3.63, 3.8) is 0 Å². The van der Waals surface area contributed by atoms with Gasteiger partial charge in [-0.15, -0.1) is 0 Å². The molecule has 0 unspecified atom stereocenters. The van der Waals surface area contributed by atoms with Gasteiger partial charge in [-0.1, -0.05) is 18.5 Å². The van der Waals surface area contributed by atoms with Crippen LogP contribution in [0.15, 0.2) is 24.4 Å². The molecule has 3 rings (SSSR count). The van der Waals surface area contributed by atoms with Crippen LogP contribution in [-0.4, -0.2) is 85.1 Å². The van der Waals surface area contributed by atoms with Gasteiger partial charge < -0.3 is 29.9 Å². The zero-order chi connectivity index (χ0) is 24.5. The number of piperazine rings is 1. The van der Waals surface area contributed by atoms with Crippen LogP contribution in [0.1, 0.15) is 30.1 Å². The molecule has 34 heavy (non-hydrogen) atoms. The number of aromatic nitrogens is 2. The van der Waals surface area contributed by atoms with E-state index in [-0.39, 0.29) is 11.8 Å². The van der Waals surface area contributed by atoms with E-state index in [1.807, 2.05) is 6.92 Å². The van der Waals surface area contributed by atoms with Crippen LogP contribution < -0.4 is 15.4 Å². The predicted octanol–water partition coefficient (Wildman–Crippen LogP) is 3.03. The molecular weight excluding hydrogens is 460 g/mol. The van der Waals surface area contributed by atoms with Gasteiger partial charge in [0.1, 0.15) is 16.6 Å². The Bertz CT molecular complexity index is 997. The molecule has 11 heteroatoms. The number of hydrogen-bond donors (Lipinski definition) is 2. The van der Waals surface area contributed by atoms with Crippen LogP contribution >= 0.6 is 11.6 Å². The van der Waals surface area contributed by atoms with E-state index < -0.39 is 0 Å². The summed E-state index contributed by atoms with van der Waals surface area (Å²) < 4.78 is 10.9. The van der Waals surface area contributed by atoms with Gasteiger partial charge in [0, 0.05) is 45.4 Å². The fraction of sp³-hybridized carbons (Fsp3) is 0.478. The maximum absolute atomic E-state index is 13.1. The van der Waals surface area contributed by atoms with Crippen molar-refractivity contribution in [3.8, 4) is 5.75 Å². The number of methoxy groups -OCH3 is 1. The van der Waals surface area contributed by atoms with E-state index in [1.54, 1.807) is 35.0 Å². The summed E-state index contributed by atoms with van der Waals surface area (Å²) in [6, 6.07) is 5.16. The van der Waals surface area contributed by atoms with E-state index in [0.717, 1.165) is 6.42 Å². The topological polar surface area (TPSA) is 109 Å². The average Bonchev–Trinajstić information content (AvgIpc) is 2.87. The summed E-state index contributed by atoms with van der Waals surface area (Å²) in [4.78, 5) is 37.4. The molecule has 1 aliphatic heterocycles. The molecule has 184 valence electrons. The van der Waals surface area contributed by atoms with Gasteiger partial charge in [-0.2, -0.15) is 4.98 Å². The van der Waals surface area contributed by atoms with Crippen LogP contribution in [0.3, 0.4) is 0 Å². The summed E-state index contributed by atoms with van der Waals surface area (Å²) in [5, 5.41) is 6.40. The van der Waals surface area contributed by atoms with Crippen LogP contribution in [0.2, 0.25) is 5.02 Å². The Morgan fingerprint density at radius 2 is 1.88 bits per heavy atom. The summed E-state index contributed by atoms with van der Waals surface area (Å²) >= 11 is 6.04. The molecule has 1 saturated heterocycles. The van der Waals surface area contributed by atoms with Crippen molar-refractivity contribution >= 4 is 40.9 Å². The Balaban J connectivity index is 1.60. The quantitative estimate of drug-likeness (QED) is 0.489. The van der Waals surface area contributed by atoms with Gasteiger partial charge in [-0.05, 0) is 24.6 Å². The first kappa shape index (κ1) is 25.5. The van der Waals surface area contributed by atoms with E-state index in [0.29, 0.717) is 79.6 Å².